The summed E-state index contributed by atoms with van der Waals surface area (Å²) in [5.74, 6) is -1.65. The van der Waals surface area contributed by atoms with Gasteiger partial charge in [0.05, 0.1) is 4.90 Å². The standard InChI is InChI=1S/C16H23F3N2O4S/c1-4-10-21(11-5-2)26(24,25)13-8-6-12(7-9-13)20-14(22)15(3,23)16(17,18)19/h6-9,23H,4-5,10-11H2,1-3H3,(H,20,22). The maximum Gasteiger partial charge on any atom is 0.426 e. The summed E-state index contributed by atoms with van der Waals surface area (Å²) < 4.78 is 64.4. The Labute approximate surface area is 151 Å². The Morgan fingerprint density at radius 2 is 1.58 bits per heavy atom. The molecule has 1 amide bonds. The Hall–Kier alpha value is -1.65. The molecule has 0 saturated carbocycles. The largest absolute Gasteiger partial charge is 0.426 e. The molecule has 1 aromatic rings. The Morgan fingerprint density at radius 3 is 1.96 bits per heavy atom. The van der Waals surface area contributed by atoms with Gasteiger partial charge in [0.2, 0.25) is 15.6 Å². The number of aliphatic hydroxyl groups is 1. The van der Waals surface area contributed by atoms with Crippen molar-refractivity contribution in [1.29, 1.82) is 0 Å². The first-order valence-corrected chi connectivity index (χ1v) is 9.52. The molecule has 0 aromatic heterocycles. The molecule has 0 heterocycles. The number of sulfonamides is 1. The second kappa shape index (κ2) is 8.36. The van der Waals surface area contributed by atoms with E-state index in [2.05, 4.69) is 0 Å². The van der Waals surface area contributed by atoms with Gasteiger partial charge in [-0.25, -0.2) is 8.42 Å². The first-order valence-electron chi connectivity index (χ1n) is 8.08. The summed E-state index contributed by atoms with van der Waals surface area (Å²) in [6.07, 6.45) is -3.86. The number of anilines is 1. The molecule has 1 unspecified atom stereocenters. The maximum atomic E-state index is 12.6. The second-order valence-corrected chi connectivity index (χ2v) is 7.89. The average molecular weight is 396 g/mol. The summed E-state index contributed by atoms with van der Waals surface area (Å²) in [5.41, 5.74) is -3.62. The molecule has 0 bridgehead atoms. The van der Waals surface area contributed by atoms with Gasteiger partial charge in [0.1, 0.15) is 0 Å². The predicted octanol–water partition coefficient (Wildman–Crippen LogP) is 2.75. The normalized spacial score (nSPS) is 14.9. The third-order valence-corrected chi connectivity index (χ3v) is 5.60. The molecule has 1 rings (SSSR count). The van der Waals surface area contributed by atoms with Crippen LogP contribution in [0.1, 0.15) is 33.6 Å². The van der Waals surface area contributed by atoms with Crippen molar-refractivity contribution in [3.05, 3.63) is 24.3 Å². The summed E-state index contributed by atoms with van der Waals surface area (Å²) in [6.45, 7) is 4.74. The Kier molecular flexibility index (Phi) is 7.20. The minimum Gasteiger partial charge on any atom is -0.373 e. The predicted molar refractivity (Wildman–Crippen MR) is 91.1 cm³/mol. The molecular weight excluding hydrogens is 373 g/mol. The number of carbonyl (C=O) groups excluding carboxylic acids is 1. The van der Waals surface area contributed by atoms with Crippen LogP contribution < -0.4 is 5.32 Å². The van der Waals surface area contributed by atoms with E-state index in [-0.39, 0.29) is 10.6 Å². The summed E-state index contributed by atoms with van der Waals surface area (Å²) in [5, 5.41) is 11.2. The number of amides is 1. The van der Waals surface area contributed by atoms with Crippen molar-refractivity contribution in [3.63, 3.8) is 0 Å². The zero-order valence-corrected chi connectivity index (χ0v) is 15.6. The summed E-state index contributed by atoms with van der Waals surface area (Å²) in [6, 6.07) is 4.75. The van der Waals surface area contributed by atoms with Gasteiger partial charge in [-0.15, -0.1) is 0 Å². The van der Waals surface area contributed by atoms with Crippen LogP contribution in [0.4, 0.5) is 18.9 Å². The highest BCUT2D eigenvalue weighted by Gasteiger charge is 2.55. The Morgan fingerprint density at radius 1 is 1.12 bits per heavy atom. The molecule has 0 aliphatic heterocycles. The van der Waals surface area contributed by atoms with Gasteiger partial charge in [0.25, 0.3) is 5.91 Å². The Balaban J connectivity index is 3.00. The van der Waals surface area contributed by atoms with Crippen LogP contribution in [0.3, 0.4) is 0 Å². The van der Waals surface area contributed by atoms with Crippen LogP contribution in [0.15, 0.2) is 29.2 Å². The SMILES string of the molecule is CCCN(CCC)S(=O)(=O)c1ccc(NC(=O)C(C)(O)C(F)(F)F)cc1. The lowest BCUT2D eigenvalue weighted by molar-refractivity contribution is -0.242. The molecule has 0 saturated heterocycles. The number of nitrogens with one attached hydrogen (secondary N) is 1. The zero-order chi connectivity index (χ0) is 20.2. The summed E-state index contributed by atoms with van der Waals surface area (Å²) in [7, 11) is -3.73. The lowest BCUT2D eigenvalue weighted by atomic mass is 10.1. The van der Waals surface area contributed by atoms with E-state index in [1.165, 1.54) is 28.6 Å². The van der Waals surface area contributed by atoms with Crippen molar-refractivity contribution in [2.24, 2.45) is 0 Å². The highest BCUT2D eigenvalue weighted by atomic mass is 32.2. The fourth-order valence-corrected chi connectivity index (χ4v) is 3.72. The summed E-state index contributed by atoms with van der Waals surface area (Å²) in [4.78, 5) is 11.6. The number of hydrogen-bond donors (Lipinski definition) is 2. The van der Waals surface area contributed by atoms with Gasteiger partial charge >= 0.3 is 6.18 Å². The van der Waals surface area contributed by atoms with Crippen molar-refractivity contribution in [3.8, 4) is 0 Å². The fourth-order valence-electron chi connectivity index (χ4n) is 2.09. The van der Waals surface area contributed by atoms with Gasteiger partial charge in [-0.05, 0) is 44.0 Å². The van der Waals surface area contributed by atoms with E-state index in [9.17, 15) is 31.5 Å². The minimum atomic E-state index is -5.14. The van der Waals surface area contributed by atoms with E-state index in [1.54, 1.807) is 0 Å². The molecule has 148 valence electrons. The van der Waals surface area contributed by atoms with Crippen LogP contribution in [0, 0.1) is 0 Å². The number of nitrogens with zero attached hydrogens (tertiary/aromatic N) is 1. The van der Waals surface area contributed by atoms with Crippen LogP contribution in [0.5, 0.6) is 0 Å². The van der Waals surface area contributed by atoms with E-state index >= 15 is 0 Å². The van der Waals surface area contributed by atoms with Gasteiger partial charge < -0.3 is 10.4 Å². The highest BCUT2D eigenvalue weighted by molar-refractivity contribution is 7.89. The number of hydrogen-bond acceptors (Lipinski definition) is 4. The third kappa shape index (κ3) is 4.95. The van der Waals surface area contributed by atoms with E-state index in [4.69, 9.17) is 0 Å². The lowest BCUT2D eigenvalue weighted by Crippen LogP contribution is -2.52. The number of rotatable bonds is 8. The maximum absolute atomic E-state index is 12.6. The molecule has 1 atom stereocenters. The molecule has 6 nitrogen and oxygen atoms in total. The zero-order valence-electron chi connectivity index (χ0n) is 14.8. The minimum absolute atomic E-state index is 0.0278. The molecule has 0 spiro atoms. The van der Waals surface area contributed by atoms with Crippen LogP contribution in [0.25, 0.3) is 0 Å². The molecule has 2 N–H and O–H groups in total. The second-order valence-electron chi connectivity index (χ2n) is 5.95. The van der Waals surface area contributed by atoms with Crippen molar-refractivity contribution < 1.29 is 31.5 Å². The quantitative estimate of drug-likeness (QED) is 0.707. The number of alkyl halides is 3. The van der Waals surface area contributed by atoms with Crippen LogP contribution in [-0.4, -0.2) is 48.6 Å². The van der Waals surface area contributed by atoms with E-state index in [0.29, 0.717) is 32.9 Å². The molecule has 1 aromatic carbocycles. The number of halogens is 3. The van der Waals surface area contributed by atoms with Crippen molar-refractivity contribution in [1.82, 2.24) is 4.31 Å². The van der Waals surface area contributed by atoms with E-state index in [1.807, 2.05) is 19.2 Å². The fraction of sp³-hybridized carbons (Fsp3) is 0.562. The molecule has 0 fully saturated rings. The van der Waals surface area contributed by atoms with Crippen LogP contribution in [0.2, 0.25) is 0 Å². The first-order chi connectivity index (χ1) is 11.9. The highest BCUT2D eigenvalue weighted by Crippen LogP contribution is 2.31. The van der Waals surface area contributed by atoms with Crippen molar-refractivity contribution >= 4 is 21.6 Å². The number of carbonyl (C=O) groups is 1. The van der Waals surface area contributed by atoms with Gasteiger partial charge in [0.15, 0.2) is 0 Å². The van der Waals surface area contributed by atoms with Gasteiger partial charge in [0, 0.05) is 18.8 Å². The average Bonchev–Trinajstić information content (AvgIpc) is 2.54. The Bertz CT molecular complexity index is 710. The monoisotopic (exact) mass is 396 g/mol. The molecule has 0 radical (unpaired) electrons. The number of benzene rings is 1. The summed E-state index contributed by atoms with van der Waals surface area (Å²) >= 11 is 0. The third-order valence-electron chi connectivity index (χ3n) is 3.69. The van der Waals surface area contributed by atoms with Crippen LogP contribution in [-0.2, 0) is 14.8 Å². The van der Waals surface area contributed by atoms with Gasteiger partial charge in [-0.1, -0.05) is 13.8 Å². The molecule has 26 heavy (non-hydrogen) atoms. The molecule has 10 heteroatoms. The van der Waals surface area contributed by atoms with E-state index < -0.39 is 27.7 Å². The molecular formula is C16H23F3N2O4S. The smallest absolute Gasteiger partial charge is 0.373 e. The lowest BCUT2D eigenvalue weighted by Gasteiger charge is -2.25. The van der Waals surface area contributed by atoms with Gasteiger partial charge in [-0.2, -0.15) is 17.5 Å². The van der Waals surface area contributed by atoms with Crippen LogP contribution >= 0.6 is 0 Å². The van der Waals surface area contributed by atoms with Gasteiger partial charge in [-0.3, -0.25) is 4.79 Å². The van der Waals surface area contributed by atoms with Crippen molar-refractivity contribution in [2.45, 2.75) is 50.3 Å². The topological polar surface area (TPSA) is 86.7 Å². The van der Waals surface area contributed by atoms with Crippen molar-refractivity contribution in [2.75, 3.05) is 18.4 Å². The first kappa shape index (κ1) is 22.4. The van der Waals surface area contributed by atoms with E-state index in [0.717, 1.165) is 0 Å². The molecule has 0 aliphatic carbocycles. The molecule has 0 aliphatic rings.